The number of aryl methyl sites for hydroxylation is 2. The Morgan fingerprint density at radius 3 is 2.49 bits per heavy atom. The second kappa shape index (κ2) is 11.1. The quantitative estimate of drug-likeness (QED) is 0.579. The van der Waals surface area contributed by atoms with Gasteiger partial charge in [0, 0.05) is 39.3 Å². The molecule has 4 rings (SSSR count). The van der Waals surface area contributed by atoms with Gasteiger partial charge < -0.3 is 9.42 Å². The summed E-state index contributed by atoms with van der Waals surface area (Å²) in [6.45, 7) is 10.6. The second-order valence-corrected chi connectivity index (χ2v) is 11.4. The van der Waals surface area contributed by atoms with Crippen LogP contribution < -0.4 is 0 Å². The number of nitrogens with zero attached hydrogens (tertiary/aromatic N) is 4. The van der Waals surface area contributed by atoms with Gasteiger partial charge >= 0.3 is 0 Å². The van der Waals surface area contributed by atoms with Crippen LogP contribution in [0.5, 0.6) is 0 Å². The van der Waals surface area contributed by atoms with E-state index in [4.69, 9.17) is 4.52 Å². The highest BCUT2D eigenvalue weighted by atomic mass is 32.2. The first-order valence-electron chi connectivity index (χ1n) is 12.5. The number of rotatable bonds is 7. The van der Waals surface area contributed by atoms with Gasteiger partial charge in [-0.3, -0.25) is 9.69 Å². The Morgan fingerprint density at radius 2 is 1.80 bits per heavy atom. The molecule has 190 valence electrons. The van der Waals surface area contributed by atoms with Crippen molar-refractivity contribution < 1.29 is 17.7 Å². The lowest BCUT2D eigenvalue weighted by molar-refractivity contribution is -0.138. The van der Waals surface area contributed by atoms with E-state index in [1.54, 1.807) is 13.0 Å². The van der Waals surface area contributed by atoms with Crippen molar-refractivity contribution in [3.05, 3.63) is 46.8 Å². The molecule has 1 unspecified atom stereocenters. The first-order valence-corrected chi connectivity index (χ1v) is 14.0. The number of piperazine rings is 1. The van der Waals surface area contributed by atoms with E-state index >= 15 is 0 Å². The molecule has 2 aliphatic rings. The van der Waals surface area contributed by atoms with Gasteiger partial charge in [-0.15, -0.1) is 0 Å². The molecule has 2 aromatic rings. The lowest BCUT2D eigenvalue weighted by Gasteiger charge is -2.38. The molecule has 2 saturated heterocycles. The summed E-state index contributed by atoms with van der Waals surface area (Å²) >= 11 is 0. The van der Waals surface area contributed by atoms with Gasteiger partial charge in [-0.25, -0.2) is 8.42 Å². The molecule has 1 amide bonds. The first-order chi connectivity index (χ1) is 16.8. The molecule has 0 N–H and O–H groups in total. The number of hydrogen-bond acceptors (Lipinski definition) is 6. The van der Waals surface area contributed by atoms with Crippen LogP contribution >= 0.6 is 0 Å². The highest BCUT2D eigenvalue weighted by Crippen LogP contribution is 2.30. The van der Waals surface area contributed by atoms with Crippen LogP contribution in [0.15, 0.2) is 33.7 Å². The van der Waals surface area contributed by atoms with Crippen LogP contribution in [0.25, 0.3) is 12.2 Å². The number of piperidine rings is 1. The standard InChI is InChI=1S/C26H36N4O4S/c1-4-13-28-15-17-29(18-16-28)26(31)23-6-5-14-30(19-23)35(32,33)25-21(3)27-34-24(25)12-11-22-9-7-20(2)8-10-22/h7-12,23H,4-6,13-19H2,1-3H3. The van der Waals surface area contributed by atoms with Crippen molar-refractivity contribution in [3.8, 4) is 0 Å². The van der Waals surface area contributed by atoms with E-state index in [0.717, 1.165) is 37.2 Å². The Labute approximate surface area is 208 Å². The van der Waals surface area contributed by atoms with Crippen molar-refractivity contribution in [2.75, 3.05) is 45.8 Å². The summed E-state index contributed by atoms with van der Waals surface area (Å²) in [5, 5.41) is 3.94. The van der Waals surface area contributed by atoms with Crippen LogP contribution in [0.4, 0.5) is 0 Å². The summed E-state index contributed by atoms with van der Waals surface area (Å²) in [5.41, 5.74) is 2.42. The third-order valence-electron chi connectivity index (χ3n) is 6.89. The van der Waals surface area contributed by atoms with Gasteiger partial charge in [0.25, 0.3) is 0 Å². The molecule has 35 heavy (non-hydrogen) atoms. The molecule has 1 aromatic heterocycles. The molecule has 9 heteroatoms. The fourth-order valence-corrected chi connectivity index (χ4v) is 6.68. The molecule has 2 fully saturated rings. The van der Waals surface area contributed by atoms with Gasteiger partial charge in [-0.05, 0) is 51.3 Å². The lowest BCUT2D eigenvalue weighted by Crippen LogP contribution is -2.53. The first kappa shape index (κ1) is 25.6. The monoisotopic (exact) mass is 500 g/mol. The maximum absolute atomic E-state index is 13.7. The van der Waals surface area contributed by atoms with Gasteiger partial charge in [0.1, 0.15) is 5.69 Å². The average Bonchev–Trinajstić information content (AvgIpc) is 3.25. The molecule has 3 heterocycles. The second-order valence-electron chi connectivity index (χ2n) is 9.57. The van der Waals surface area contributed by atoms with Crippen LogP contribution in [-0.4, -0.2) is 79.4 Å². The molecule has 8 nitrogen and oxygen atoms in total. The fraction of sp³-hybridized carbons (Fsp3) is 0.538. The van der Waals surface area contributed by atoms with Gasteiger partial charge in [0.15, 0.2) is 10.7 Å². The summed E-state index contributed by atoms with van der Waals surface area (Å²) in [6, 6.07) is 7.92. The van der Waals surface area contributed by atoms with Gasteiger partial charge in [-0.2, -0.15) is 4.31 Å². The Kier molecular flexibility index (Phi) is 8.09. The van der Waals surface area contributed by atoms with Crippen molar-refractivity contribution >= 4 is 28.1 Å². The molecule has 1 atom stereocenters. The van der Waals surface area contributed by atoms with Crippen molar-refractivity contribution in [3.63, 3.8) is 0 Å². The number of hydrogen-bond donors (Lipinski definition) is 0. The Hall–Kier alpha value is -2.49. The van der Waals surface area contributed by atoms with E-state index in [1.165, 1.54) is 4.31 Å². The van der Waals surface area contributed by atoms with E-state index in [9.17, 15) is 13.2 Å². The fourth-order valence-electron chi connectivity index (χ4n) is 4.91. The predicted octanol–water partition coefficient (Wildman–Crippen LogP) is 3.42. The largest absolute Gasteiger partial charge is 0.355 e. The van der Waals surface area contributed by atoms with Gasteiger partial charge in [-0.1, -0.05) is 48.0 Å². The molecule has 0 spiro atoms. The molecule has 0 bridgehead atoms. The Bertz CT molecular complexity index is 1150. The van der Waals surface area contributed by atoms with Crippen LogP contribution in [-0.2, 0) is 14.8 Å². The highest BCUT2D eigenvalue weighted by molar-refractivity contribution is 7.89. The molecular weight excluding hydrogens is 464 g/mol. The highest BCUT2D eigenvalue weighted by Gasteiger charge is 2.38. The van der Waals surface area contributed by atoms with Crippen LogP contribution in [0.2, 0.25) is 0 Å². The van der Waals surface area contributed by atoms with Crippen molar-refractivity contribution in [1.82, 2.24) is 19.3 Å². The van der Waals surface area contributed by atoms with Crippen molar-refractivity contribution in [2.24, 2.45) is 5.92 Å². The van der Waals surface area contributed by atoms with Crippen LogP contribution in [0, 0.1) is 19.8 Å². The normalized spacial score (nSPS) is 20.5. The summed E-state index contributed by atoms with van der Waals surface area (Å²) in [5.74, 6) is -0.0332. The van der Waals surface area contributed by atoms with E-state index in [1.807, 2.05) is 42.2 Å². The SMILES string of the molecule is CCCN1CCN(C(=O)C2CCCN(S(=O)(=O)c3c(C)noc3C=Cc3ccc(C)cc3)C2)CC1. The molecule has 0 aliphatic carbocycles. The molecular formula is C26H36N4O4S. The van der Waals surface area contributed by atoms with Crippen LogP contribution in [0.1, 0.15) is 48.8 Å². The minimum absolute atomic E-state index is 0.0718. The number of benzene rings is 1. The summed E-state index contributed by atoms with van der Waals surface area (Å²) in [7, 11) is -3.86. The van der Waals surface area contributed by atoms with E-state index in [-0.39, 0.29) is 29.0 Å². The molecule has 0 saturated carbocycles. The molecule has 1 aromatic carbocycles. The summed E-state index contributed by atoms with van der Waals surface area (Å²) in [6.07, 6.45) is 5.94. The lowest BCUT2D eigenvalue weighted by atomic mass is 9.98. The summed E-state index contributed by atoms with van der Waals surface area (Å²) < 4.78 is 34.2. The van der Waals surface area contributed by atoms with Crippen LogP contribution in [0.3, 0.4) is 0 Å². The average molecular weight is 501 g/mol. The van der Waals surface area contributed by atoms with Crippen molar-refractivity contribution in [2.45, 2.75) is 44.9 Å². The van der Waals surface area contributed by atoms with E-state index in [0.29, 0.717) is 38.2 Å². The number of aromatic nitrogens is 1. The smallest absolute Gasteiger partial charge is 0.248 e. The predicted molar refractivity (Wildman–Crippen MR) is 136 cm³/mol. The Balaban J connectivity index is 1.47. The van der Waals surface area contributed by atoms with E-state index in [2.05, 4.69) is 17.0 Å². The summed E-state index contributed by atoms with van der Waals surface area (Å²) in [4.78, 5) is 17.6. The molecule has 2 aliphatic heterocycles. The number of sulfonamides is 1. The van der Waals surface area contributed by atoms with Crippen molar-refractivity contribution in [1.29, 1.82) is 0 Å². The maximum Gasteiger partial charge on any atom is 0.248 e. The number of carbonyl (C=O) groups is 1. The zero-order chi connectivity index (χ0) is 25.0. The number of carbonyl (C=O) groups excluding carboxylic acids is 1. The zero-order valence-corrected chi connectivity index (χ0v) is 21.8. The molecule has 0 radical (unpaired) electrons. The minimum Gasteiger partial charge on any atom is -0.355 e. The van der Waals surface area contributed by atoms with Gasteiger partial charge in [0.2, 0.25) is 15.9 Å². The third kappa shape index (κ3) is 5.85. The topological polar surface area (TPSA) is 87.0 Å². The third-order valence-corrected chi connectivity index (χ3v) is 8.92. The zero-order valence-electron chi connectivity index (χ0n) is 20.9. The maximum atomic E-state index is 13.7. The van der Waals surface area contributed by atoms with Gasteiger partial charge in [0.05, 0.1) is 5.92 Å². The Morgan fingerprint density at radius 1 is 1.09 bits per heavy atom. The minimum atomic E-state index is -3.86. The number of amides is 1. The van der Waals surface area contributed by atoms with E-state index < -0.39 is 10.0 Å².